The molecule has 3 heterocycles. The highest BCUT2D eigenvalue weighted by atomic mass is 16.5. The Morgan fingerprint density at radius 1 is 1.09 bits per heavy atom. The third-order valence-corrected chi connectivity index (χ3v) is 5.67. The third-order valence-electron chi connectivity index (χ3n) is 5.67. The predicted octanol–water partition coefficient (Wildman–Crippen LogP) is 3.62. The predicted molar refractivity (Wildman–Crippen MR) is 139 cm³/mol. The van der Waals surface area contributed by atoms with E-state index in [0.717, 1.165) is 53.3 Å². The molecular weight excluding hydrogens is 438 g/mol. The fraction of sp³-hybridized carbons (Fsp3) is 0.321. The number of anilines is 2. The molecule has 1 aliphatic rings. The molecule has 35 heavy (non-hydrogen) atoms. The monoisotopic (exact) mass is 469 g/mol. The Hall–Kier alpha value is -3.73. The molecule has 1 aliphatic heterocycles. The Morgan fingerprint density at radius 2 is 1.77 bits per heavy atom. The van der Waals surface area contributed by atoms with Gasteiger partial charge in [-0.3, -0.25) is 0 Å². The molecule has 0 saturated carbocycles. The van der Waals surface area contributed by atoms with Gasteiger partial charge >= 0.3 is 0 Å². The second-order valence-corrected chi connectivity index (χ2v) is 8.83. The maximum Gasteiger partial charge on any atom is 0.219 e. The number of ether oxygens (including phenoxy) is 1. The Balaban J connectivity index is 1.54. The van der Waals surface area contributed by atoms with Gasteiger partial charge in [-0.1, -0.05) is 35.6 Å². The van der Waals surface area contributed by atoms with Crippen LogP contribution in [0.15, 0.2) is 60.4 Å². The fourth-order valence-electron chi connectivity index (χ4n) is 3.84. The second kappa shape index (κ2) is 11.6. The standard InChI is InChI=1S/C28H31N5O2/c1-20(2)15-25(34)10-9-22-5-3-21(4-6-22)7-8-23-16-26(24-18-30-28(29)31-19-24)32-27(17-23)33-11-13-35-14-12-33/h3-6,15-19,25,34H,9-14H2,1-2H3,(H2,29,30,31). The van der Waals surface area contributed by atoms with Crippen LogP contribution in [0.25, 0.3) is 11.3 Å². The van der Waals surface area contributed by atoms with Crippen molar-refractivity contribution in [2.45, 2.75) is 32.8 Å². The average molecular weight is 470 g/mol. The van der Waals surface area contributed by atoms with E-state index < -0.39 is 6.10 Å². The highest BCUT2D eigenvalue weighted by molar-refractivity contribution is 5.64. The summed E-state index contributed by atoms with van der Waals surface area (Å²) >= 11 is 0. The molecule has 4 rings (SSSR count). The van der Waals surface area contributed by atoms with E-state index in [-0.39, 0.29) is 5.95 Å². The lowest BCUT2D eigenvalue weighted by Gasteiger charge is -2.28. The summed E-state index contributed by atoms with van der Waals surface area (Å²) < 4.78 is 5.49. The minimum Gasteiger partial charge on any atom is -0.389 e. The molecule has 1 aromatic carbocycles. The molecular formula is C28H31N5O2. The van der Waals surface area contributed by atoms with Gasteiger partial charge in [0.15, 0.2) is 0 Å². The lowest BCUT2D eigenvalue weighted by molar-refractivity contribution is 0.122. The van der Waals surface area contributed by atoms with Crippen LogP contribution in [0.3, 0.4) is 0 Å². The number of aliphatic hydroxyl groups is 1. The molecule has 0 radical (unpaired) electrons. The third kappa shape index (κ3) is 7.12. The molecule has 7 nitrogen and oxygen atoms in total. The Labute approximate surface area is 206 Å². The quantitative estimate of drug-likeness (QED) is 0.420. The number of nitrogens with two attached hydrogens (primary N) is 1. The first-order valence-electron chi connectivity index (χ1n) is 11.8. The van der Waals surface area contributed by atoms with Crippen molar-refractivity contribution in [1.29, 1.82) is 0 Å². The van der Waals surface area contributed by atoms with Gasteiger partial charge in [0, 0.05) is 42.2 Å². The van der Waals surface area contributed by atoms with Crippen molar-refractivity contribution in [3.8, 4) is 23.1 Å². The van der Waals surface area contributed by atoms with Crippen LogP contribution in [0.5, 0.6) is 0 Å². The van der Waals surface area contributed by atoms with E-state index in [9.17, 15) is 5.11 Å². The summed E-state index contributed by atoms with van der Waals surface area (Å²) in [6, 6.07) is 12.1. The van der Waals surface area contributed by atoms with Crippen molar-refractivity contribution in [2.75, 3.05) is 36.9 Å². The van der Waals surface area contributed by atoms with Crippen LogP contribution in [0.2, 0.25) is 0 Å². The lowest BCUT2D eigenvalue weighted by Crippen LogP contribution is -2.36. The first kappa shape index (κ1) is 24.4. The van der Waals surface area contributed by atoms with Gasteiger partial charge in [-0.05, 0) is 56.5 Å². The van der Waals surface area contributed by atoms with Crippen molar-refractivity contribution in [1.82, 2.24) is 15.0 Å². The minimum atomic E-state index is -0.410. The Morgan fingerprint density at radius 3 is 2.46 bits per heavy atom. The molecule has 180 valence electrons. The Bertz CT molecular complexity index is 1220. The molecule has 0 bridgehead atoms. The molecule has 0 spiro atoms. The van der Waals surface area contributed by atoms with Gasteiger partial charge in [0.25, 0.3) is 0 Å². The summed E-state index contributed by atoms with van der Waals surface area (Å²) in [6.45, 7) is 6.91. The zero-order valence-corrected chi connectivity index (χ0v) is 20.2. The molecule has 3 N–H and O–H groups in total. The van der Waals surface area contributed by atoms with Gasteiger partial charge in [-0.25, -0.2) is 15.0 Å². The number of nitrogens with zero attached hydrogens (tertiary/aromatic N) is 4. The van der Waals surface area contributed by atoms with Gasteiger partial charge in [-0.2, -0.15) is 0 Å². The maximum atomic E-state index is 10.1. The molecule has 1 unspecified atom stereocenters. The van der Waals surface area contributed by atoms with E-state index in [1.54, 1.807) is 12.4 Å². The van der Waals surface area contributed by atoms with Crippen molar-refractivity contribution in [2.24, 2.45) is 0 Å². The van der Waals surface area contributed by atoms with Crippen LogP contribution >= 0.6 is 0 Å². The Kier molecular flexibility index (Phi) is 8.09. The fourth-order valence-corrected chi connectivity index (χ4v) is 3.84. The van der Waals surface area contributed by atoms with Gasteiger partial charge in [0.1, 0.15) is 5.82 Å². The topological polar surface area (TPSA) is 97.4 Å². The van der Waals surface area contributed by atoms with Gasteiger partial charge in [-0.15, -0.1) is 0 Å². The van der Waals surface area contributed by atoms with Gasteiger partial charge in [0.05, 0.1) is 25.0 Å². The summed E-state index contributed by atoms with van der Waals surface area (Å²) in [6.07, 6.45) is 6.36. The first-order chi connectivity index (χ1) is 17.0. The molecule has 1 saturated heterocycles. The molecule has 0 amide bonds. The number of aliphatic hydroxyl groups excluding tert-OH is 1. The second-order valence-electron chi connectivity index (χ2n) is 8.83. The van der Waals surface area contributed by atoms with Gasteiger partial charge in [0.2, 0.25) is 5.95 Å². The van der Waals surface area contributed by atoms with Crippen molar-refractivity contribution >= 4 is 11.8 Å². The van der Waals surface area contributed by atoms with E-state index in [0.29, 0.717) is 19.6 Å². The van der Waals surface area contributed by atoms with E-state index in [4.69, 9.17) is 15.5 Å². The number of allylic oxidation sites excluding steroid dienone is 1. The number of aromatic nitrogens is 3. The summed E-state index contributed by atoms with van der Waals surface area (Å²) in [5.74, 6) is 7.65. The van der Waals surface area contributed by atoms with E-state index >= 15 is 0 Å². The summed E-state index contributed by atoms with van der Waals surface area (Å²) in [5, 5.41) is 10.1. The van der Waals surface area contributed by atoms with Crippen LogP contribution in [0, 0.1) is 11.8 Å². The number of rotatable bonds is 6. The maximum absolute atomic E-state index is 10.1. The van der Waals surface area contributed by atoms with Crippen LogP contribution in [-0.2, 0) is 11.2 Å². The number of morpholine rings is 1. The van der Waals surface area contributed by atoms with Crippen molar-refractivity contribution in [3.63, 3.8) is 0 Å². The van der Waals surface area contributed by atoms with E-state index in [1.165, 1.54) is 5.56 Å². The van der Waals surface area contributed by atoms with Crippen molar-refractivity contribution < 1.29 is 9.84 Å². The molecule has 1 atom stereocenters. The number of benzene rings is 1. The smallest absolute Gasteiger partial charge is 0.219 e. The van der Waals surface area contributed by atoms with E-state index in [2.05, 4.69) is 38.8 Å². The normalized spacial score (nSPS) is 14.1. The molecule has 2 aromatic heterocycles. The molecule has 0 aliphatic carbocycles. The first-order valence-corrected chi connectivity index (χ1v) is 11.8. The largest absolute Gasteiger partial charge is 0.389 e. The number of hydrogen-bond acceptors (Lipinski definition) is 7. The van der Waals surface area contributed by atoms with Crippen LogP contribution in [0.1, 0.15) is 37.0 Å². The summed E-state index contributed by atoms with van der Waals surface area (Å²) in [7, 11) is 0. The van der Waals surface area contributed by atoms with Crippen LogP contribution in [0.4, 0.5) is 11.8 Å². The zero-order valence-electron chi connectivity index (χ0n) is 20.2. The number of aryl methyl sites for hydroxylation is 1. The number of pyridine rings is 1. The molecule has 7 heteroatoms. The zero-order chi connectivity index (χ0) is 24.6. The van der Waals surface area contributed by atoms with Gasteiger partial charge < -0.3 is 20.5 Å². The van der Waals surface area contributed by atoms with E-state index in [1.807, 2.05) is 44.2 Å². The number of hydrogen-bond donors (Lipinski definition) is 2. The molecule has 1 fully saturated rings. The van der Waals surface area contributed by atoms with Crippen LogP contribution < -0.4 is 10.6 Å². The number of nitrogen functional groups attached to an aromatic ring is 1. The highest BCUT2D eigenvalue weighted by Crippen LogP contribution is 2.23. The summed E-state index contributed by atoms with van der Waals surface area (Å²) in [4.78, 5) is 15.3. The van der Waals surface area contributed by atoms with Crippen LogP contribution in [-0.4, -0.2) is 52.5 Å². The summed E-state index contributed by atoms with van der Waals surface area (Å²) in [5.41, 5.74) is 11.3. The molecule has 3 aromatic rings. The van der Waals surface area contributed by atoms with Crippen molar-refractivity contribution in [3.05, 3.63) is 77.1 Å². The highest BCUT2D eigenvalue weighted by Gasteiger charge is 2.15. The average Bonchev–Trinajstić information content (AvgIpc) is 2.87. The minimum absolute atomic E-state index is 0.230. The lowest BCUT2D eigenvalue weighted by atomic mass is 10.0. The SMILES string of the molecule is CC(C)=CC(O)CCc1ccc(C#Cc2cc(-c3cnc(N)nc3)nc(N3CCOCC3)c2)cc1.